The Balaban J connectivity index is 1.94. The third-order valence-electron chi connectivity index (χ3n) is 4.69. The van der Waals surface area contributed by atoms with Crippen molar-refractivity contribution >= 4 is 17.7 Å². The van der Waals surface area contributed by atoms with Gasteiger partial charge in [0.25, 0.3) is 0 Å². The van der Waals surface area contributed by atoms with Crippen LogP contribution >= 0.6 is 0 Å². The molecule has 6 nitrogen and oxygen atoms in total. The molecule has 6 heteroatoms. The van der Waals surface area contributed by atoms with Crippen LogP contribution in [0.3, 0.4) is 0 Å². The van der Waals surface area contributed by atoms with Crippen molar-refractivity contribution in [3.63, 3.8) is 0 Å². The zero-order valence-electron chi connectivity index (χ0n) is 13.3. The van der Waals surface area contributed by atoms with Gasteiger partial charge in [-0.15, -0.1) is 0 Å². The van der Waals surface area contributed by atoms with Gasteiger partial charge in [0.1, 0.15) is 12.6 Å². The summed E-state index contributed by atoms with van der Waals surface area (Å²) in [6, 6.07) is -1.26. The summed E-state index contributed by atoms with van der Waals surface area (Å²) < 4.78 is 4.75. The fraction of sp³-hybridized carbons (Fsp3) is 0.812. The highest BCUT2D eigenvalue weighted by Gasteiger charge is 2.49. The zero-order valence-corrected chi connectivity index (χ0v) is 13.3. The molecular weight excluding hydrogens is 284 g/mol. The predicted octanol–water partition coefficient (Wildman–Crippen LogP) is 0.855. The Hall–Kier alpha value is -1.27. The molecule has 2 fully saturated rings. The first-order valence-electron chi connectivity index (χ1n) is 8.31. The van der Waals surface area contributed by atoms with Crippen LogP contribution in [0.25, 0.3) is 0 Å². The molecule has 1 heterocycles. The first kappa shape index (κ1) is 17.1. The normalized spacial score (nSPS) is 24.4. The van der Waals surface area contributed by atoms with Gasteiger partial charge in [-0.2, -0.15) is 0 Å². The Bertz CT molecular complexity index is 432. The van der Waals surface area contributed by atoms with Crippen LogP contribution in [-0.2, 0) is 19.1 Å². The maximum absolute atomic E-state index is 12.5. The van der Waals surface area contributed by atoms with Crippen molar-refractivity contribution in [3.05, 3.63) is 0 Å². The number of esters is 1. The number of amides is 1. The lowest BCUT2D eigenvalue weighted by Gasteiger charge is -2.17. The summed E-state index contributed by atoms with van der Waals surface area (Å²) in [5.74, 6) is -1.16. The molecule has 2 N–H and O–H groups in total. The van der Waals surface area contributed by atoms with E-state index in [2.05, 4.69) is 0 Å². The molecule has 0 aromatic rings. The van der Waals surface area contributed by atoms with Gasteiger partial charge in [-0.1, -0.05) is 30.6 Å². The average Bonchev–Trinajstić information content (AvgIpc) is 3.16. The van der Waals surface area contributed by atoms with Crippen LogP contribution in [0.4, 0.5) is 0 Å². The minimum Gasteiger partial charge on any atom is -0.460 e. The minimum absolute atomic E-state index is 0.159. The van der Waals surface area contributed by atoms with Gasteiger partial charge in [-0.25, -0.2) is 9.59 Å². The highest BCUT2D eigenvalue weighted by atomic mass is 16.5. The number of carbonyl (C=O) groups excluding carboxylic acids is 3. The second-order valence-electron chi connectivity index (χ2n) is 6.27. The van der Waals surface area contributed by atoms with E-state index in [1.165, 1.54) is 17.7 Å². The van der Waals surface area contributed by atoms with Crippen LogP contribution in [0, 0.1) is 5.92 Å². The smallest absolute Gasteiger partial charge is 0.381 e. The molecule has 1 saturated carbocycles. The van der Waals surface area contributed by atoms with E-state index < -0.39 is 23.8 Å². The van der Waals surface area contributed by atoms with Crippen molar-refractivity contribution in [2.75, 3.05) is 13.2 Å². The molecule has 123 valence electrons. The van der Waals surface area contributed by atoms with Gasteiger partial charge >= 0.3 is 17.7 Å². The first-order valence-corrected chi connectivity index (χ1v) is 8.31. The number of nitrogens with two attached hydrogens (primary N) is 1. The van der Waals surface area contributed by atoms with Crippen molar-refractivity contribution in [1.29, 1.82) is 0 Å². The molecule has 1 radical (unpaired) electrons. The Morgan fingerprint density at radius 3 is 2.50 bits per heavy atom. The number of rotatable bonds is 6. The number of hydrogen-bond donors (Lipinski definition) is 1. The molecule has 0 bridgehead atoms. The van der Waals surface area contributed by atoms with Crippen molar-refractivity contribution in [3.8, 4) is 0 Å². The van der Waals surface area contributed by atoms with Gasteiger partial charge in [0.05, 0.1) is 6.61 Å². The number of carbonyl (C=O) groups is 3. The summed E-state index contributed by atoms with van der Waals surface area (Å²) in [6.45, 7) is 2.31. The third-order valence-corrected chi connectivity index (χ3v) is 4.69. The molecule has 0 aromatic carbocycles. The summed E-state index contributed by atoms with van der Waals surface area (Å²) in [7, 11) is 0. The number of ether oxygens (including phenoxy) is 1. The standard InChI is InChI=1S/C16H26N2O4/c1-2-22-16(21)14(19)13-8-5-9-18(13)15(20)12(17)10-11-6-3-4-7-11/h11-13H,2-10,17H2,1H3/q+1/t12-,13+/m1/s1. The molecule has 0 aromatic heterocycles. The number of hydrogen-bond acceptors (Lipinski definition) is 5. The van der Waals surface area contributed by atoms with E-state index in [9.17, 15) is 14.4 Å². The van der Waals surface area contributed by atoms with E-state index in [-0.39, 0.29) is 12.5 Å². The highest BCUT2D eigenvalue weighted by Crippen LogP contribution is 2.29. The molecule has 2 aliphatic rings. The lowest BCUT2D eigenvalue weighted by atomic mass is 9.97. The molecule has 0 spiro atoms. The first-order chi connectivity index (χ1) is 10.5. The lowest BCUT2D eigenvalue weighted by molar-refractivity contribution is -0.155. The van der Waals surface area contributed by atoms with Gasteiger partial charge in [0.2, 0.25) is 6.04 Å². The molecule has 1 aliphatic carbocycles. The van der Waals surface area contributed by atoms with Crippen molar-refractivity contribution in [2.24, 2.45) is 11.7 Å². The predicted molar refractivity (Wildman–Crippen MR) is 81.2 cm³/mol. The van der Waals surface area contributed by atoms with Crippen LogP contribution in [0.1, 0.15) is 51.9 Å². The van der Waals surface area contributed by atoms with Crippen LogP contribution in [0.15, 0.2) is 0 Å². The quantitative estimate of drug-likeness (QED) is 0.446. The van der Waals surface area contributed by atoms with Crippen molar-refractivity contribution in [1.82, 2.24) is 4.90 Å². The van der Waals surface area contributed by atoms with Gasteiger partial charge in [-0.05, 0) is 19.3 Å². The second-order valence-corrected chi connectivity index (χ2v) is 6.27. The molecule has 0 unspecified atom stereocenters. The minimum atomic E-state index is -0.850. The highest BCUT2D eigenvalue weighted by molar-refractivity contribution is 6.36. The Labute approximate surface area is 131 Å². The van der Waals surface area contributed by atoms with Crippen LogP contribution in [0.5, 0.6) is 0 Å². The van der Waals surface area contributed by atoms with Gasteiger partial charge in [-0.3, -0.25) is 4.79 Å². The number of Topliss-reactive ketones (excluding diaryl/α,β-unsaturated/α-hetero) is 1. The van der Waals surface area contributed by atoms with Crippen molar-refractivity contribution in [2.45, 2.75) is 64.0 Å². The molecular formula is C16H26N2O4+. The van der Waals surface area contributed by atoms with Gasteiger partial charge < -0.3 is 10.5 Å². The fourth-order valence-electron chi connectivity index (χ4n) is 3.56. The maximum Gasteiger partial charge on any atom is 0.381 e. The van der Waals surface area contributed by atoms with E-state index in [0.717, 1.165) is 19.3 Å². The van der Waals surface area contributed by atoms with E-state index in [1.54, 1.807) is 6.92 Å². The lowest BCUT2D eigenvalue weighted by Crippen LogP contribution is -2.54. The Kier molecular flexibility index (Phi) is 6.08. The second kappa shape index (κ2) is 7.83. The molecule has 2 rings (SSSR count). The van der Waals surface area contributed by atoms with E-state index >= 15 is 0 Å². The summed E-state index contributed by atoms with van der Waals surface area (Å²) in [5, 5.41) is 0. The molecule has 2 atom stereocenters. The van der Waals surface area contributed by atoms with Gasteiger partial charge in [0, 0.05) is 12.8 Å². The van der Waals surface area contributed by atoms with E-state index in [4.69, 9.17) is 10.5 Å². The number of ketones is 1. The molecule has 1 amide bonds. The zero-order chi connectivity index (χ0) is 16.1. The molecule has 22 heavy (non-hydrogen) atoms. The SMILES string of the molecule is CCOC(=O)C(=O)[C@@H]1CCC[N+]1C(=O)[C@H](N)CC1CCCC1. The van der Waals surface area contributed by atoms with Gasteiger partial charge in [0.15, 0.2) is 0 Å². The van der Waals surface area contributed by atoms with Crippen LogP contribution < -0.4 is 10.6 Å². The van der Waals surface area contributed by atoms with Crippen LogP contribution in [0.2, 0.25) is 0 Å². The Morgan fingerprint density at radius 2 is 1.86 bits per heavy atom. The maximum atomic E-state index is 12.5. The summed E-state index contributed by atoms with van der Waals surface area (Å²) in [6.07, 6.45) is 6.59. The number of nitrogens with zero attached hydrogens (tertiary/aromatic N) is 1. The topological polar surface area (TPSA) is 92.4 Å². The average molecular weight is 310 g/mol. The summed E-state index contributed by atoms with van der Waals surface area (Å²) >= 11 is 0. The van der Waals surface area contributed by atoms with Crippen molar-refractivity contribution < 1.29 is 19.1 Å². The monoisotopic (exact) mass is 310 g/mol. The van der Waals surface area contributed by atoms with E-state index in [0.29, 0.717) is 25.3 Å². The third kappa shape index (κ3) is 3.93. The van der Waals surface area contributed by atoms with Crippen LogP contribution in [-0.4, -0.2) is 42.9 Å². The summed E-state index contributed by atoms with van der Waals surface area (Å²) in [5.41, 5.74) is 6.06. The molecule has 1 aliphatic heterocycles. The summed E-state index contributed by atoms with van der Waals surface area (Å²) in [4.78, 5) is 37.7. The Morgan fingerprint density at radius 1 is 1.18 bits per heavy atom. The fourth-order valence-corrected chi connectivity index (χ4v) is 3.56. The largest absolute Gasteiger partial charge is 0.460 e. The van der Waals surface area contributed by atoms with E-state index in [1.807, 2.05) is 0 Å². The number of likely N-dealkylation sites (tertiary alicyclic amines) is 1. The molecule has 1 saturated heterocycles.